The Hall–Kier alpha value is -4.25. The van der Waals surface area contributed by atoms with E-state index in [0.29, 0.717) is 0 Å². The molecule has 3 aromatic carbocycles. The largest absolute Gasteiger partial charge is 0.341 e. The lowest BCUT2D eigenvalue weighted by Crippen LogP contribution is -2.55. The first-order valence-electron chi connectivity index (χ1n) is 12.1. The van der Waals surface area contributed by atoms with Gasteiger partial charge in [-0.2, -0.15) is 0 Å². The van der Waals surface area contributed by atoms with Gasteiger partial charge in [0.15, 0.2) is 11.6 Å². The normalized spacial score (nSPS) is 15.6. The fourth-order valence-corrected chi connectivity index (χ4v) is 5.29. The summed E-state index contributed by atoms with van der Waals surface area (Å²) in [5.41, 5.74) is 5.23. The predicted molar refractivity (Wildman–Crippen MR) is 144 cm³/mol. The zero-order chi connectivity index (χ0) is 28.1. The Morgan fingerprint density at radius 2 is 1.74 bits per heavy atom. The van der Waals surface area contributed by atoms with Crippen molar-refractivity contribution in [3.8, 4) is 0 Å². The van der Waals surface area contributed by atoms with Crippen LogP contribution >= 0.6 is 11.8 Å². The van der Waals surface area contributed by atoms with Gasteiger partial charge in [-0.15, -0.1) is 11.8 Å². The molecule has 1 radical (unpaired) electrons. The predicted octanol–water partition coefficient (Wildman–Crippen LogP) is 4.70. The first-order valence-corrected chi connectivity index (χ1v) is 13.0. The van der Waals surface area contributed by atoms with Crippen molar-refractivity contribution in [3.05, 3.63) is 94.5 Å². The molecule has 0 spiro atoms. The summed E-state index contributed by atoms with van der Waals surface area (Å²) in [5, 5.41) is 5.28. The average Bonchev–Trinajstić information content (AvgIpc) is 3.36. The summed E-state index contributed by atoms with van der Waals surface area (Å²) >= 11 is 1.25. The number of hydrazine groups is 1. The maximum absolute atomic E-state index is 13.6. The fourth-order valence-electron chi connectivity index (χ4n) is 4.18. The number of hydrogen-bond donors (Lipinski definition) is 3. The Bertz CT molecular complexity index is 1460. The van der Waals surface area contributed by atoms with Crippen LogP contribution in [0.15, 0.2) is 71.8 Å². The van der Waals surface area contributed by atoms with E-state index >= 15 is 0 Å². The maximum Gasteiger partial charge on any atom is 0.341 e. The van der Waals surface area contributed by atoms with E-state index < -0.39 is 40.9 Å². The van der Waals surface area contributed by atoms with Gasteiger partial charge in [0.25, 0.3) is 18.1 Å². The van der Waals surface area contributed by atoms with Gasteiger partial charge in [0, 0.05) is 11.0 Å². The van der Waals surface area contributed by atoms with Crippen LogP contribution in [0.5, 0.6) is 0 Å². The summed E-state index contributed by atoms with van der Waals surface area (Å²) in [6, 6.07) is 14.0. The van der Waals surface area contributed by atoms with Gasteiger partial charge in [-0.25, -0.2) is 19.0 Å². The second-order valence-corrected chi connectivity index (χ2v) is 10.2. The number of hydrogen-bond acceptors (Lipinski definition) is 5. The molecular weight excluding hydrogens is 526 g/mol. The molecule has 0 aromatic heterocycles. The van der Waals surface area contributed by atoms with Crippen LogP contribution < -0.4 is 16.2 Å². The summed E-state index contributed by atoms with van der Waals surface area (Å²) in [6.45, 7) is 3.66. The van der Waals surface area contributed by atoms with Crippen molar-refractivity contribution in [2.24, 2.45) is 5.92 Å². The summed E-state index contributed by atoms with van der Waals surface area (Å²) in [7, 11) is 0. The molecule has 201 valence electrons. The second kappa shape index (κ2) is 12.1. The molecule has 39 heavy (non-hydrogen) atoms. The molecule has 0 saturated carbocycles. The van der Waals surface area contributed by atoms with Gasteiger partial charge in [-0.1, -0.05) is 56.3 Å². The molecule has 4 amide bonds. The van der Waals surface area contributed by atoms with Crippen LogP contribution in [0.1, 0.15) is 41.6 Å². The molecule has 1 heterocycles. The van der Waals surface area contributed by atoms with Gasteiger partial charge in [-0.3, -0.25) is 24.7 Å². The van der Waals surface area contributed by atoms with Crippen LogP contribution in [0.2, 0.25) is 0 Å². The van der Waals surface area contributed by atoms with Gasteiger partial charge in [0.1, 0.15) is 17.1 Å². The number of carbonyl (C=O) groups excluding carboxylic acids is 4. The smallest absolute Gasteiger partial charge is 0.340 e. The van der Waals surface area contributed by atoms with Crippen molar-refractivity contribution in [2.75, 3.05) is 0 Å². The van der Waals surface area contributed by atoms with Crippen LogP contribution in [-0.2, 0) is 9.59 Å². The molecule has 8 nitrogen and oxygen atoms in total. The highest BCUT2D eigenvalue weighted by Gasteiger charge is 2.35. The van der Waals surface area contributed by atoms with E-state index in [1.54, 1.807) is 6.29 Å². The van der Waals surface area contributed by atoms with E-state index in [4.69, 9.17) is 0 Å². The number of thioether (sulfide) groups is 1. The number of nitrogens with one attached hydrogen (secondary N) is 3. The van der Waals surface area contributed by atoms with E-state index in [-0.39, 0.29) is 23.6 Å². The number of benzene rings is 3. The Morgan fingerprint density at radius 3 is 2.46 bits per heavy atom. The molecule has 0 bridgehead atoms. The first kappa shape index (κ1) is 27.8. The van der Waals surface area contributed by atoms with Crippen molar-refractivity contribution in [3.63, 3.8) is 0 Å². The molecule has 4 rings (SSSR count). The van der Waals surface area contributed by atoms with Crippen LogP contribution in [-0.4, -0.2) is 35.1 Å². The molecule has 0 aliphatic carbocycles. The molecule has 1 unspecified atom stereocenters. The molecule has 3 aromatic rings. The SMILES string of the molecule is CC(C)C[C@H](NC(=O)c1ccc(F)c(F)c1)C(=O)NNC(=O)N1C([C]=O)=CSC1c1cccc2ccccc12. The number of halogens is 2. The number of allylic oxidation sites excluding steroid dienone is 1. The van der Waals surface area contributed by atoms with Gasteiger partial charge in [0.2, 0.25) is 0 Å². The van der Waals surface area contributed by atoms with E-state index in [1.807, 2.05) is 56.3 Å². The zero-order valence-corrected chi connectivity index (χ0v) is 21.9. The van der Waals surface area contributed by atoms with E-state index in [9.17, 15) is 28.0 Å². The summed E-state index contributed by atoms with van der Waals surface area (Å²) in [4.78, 5) is 51.6. The van der Waals surface area contributed by atoms with E-state index in [1.165, 1.54) is 22.1 Å². The number of fused-ring (bicyclic) bond motifs is 1. The van der Waals surface area contributed by atoms with Gasteiger partial charge in [-0.05, 0) is 46.9 Å². The van der Waals surface area contributed by atoms with Gasteiger partial charge >= 0.3 is 6.03 Å². The molecule has 3 N–H and O–H groups in total. The summed E-state index contributed by atoms with van der Waals surface area (Å²) < 4.78 is 26.8. The van der Waals surface area contributed by atoms with Crippen LogP contribution in [0, 0.1) is 17.6 Å². The summed E-state index contributed by atoms with van der Waals surface area (Å²) in [5.74, 6) is -3.85. The Morgan fingerprint density at radius 1 is 1.00 bits per heavy atom. The third-order valence-corrected chi connectivity index (χ3v) is 7.10. The molecule has 0 fully saturated rings. The third kappa shape index (κ3) is 6.26. The second-order valence-electron chi connectivity index (χ2n) is 9.24. The number of rotatable bonds is 7. The number of amides is 4. The lowest BCUT2D eigenvalue weighted by Gasteiger charge is -2.27. The molecule has 1 aliphatic rings. The summed E-state index contributed by atoms with van der Waals surface area (Å²) in [6.07, 6.45) is 1.96. The van der Waals surface area contributed by atoms with Crippen LogP contribution in [0.4, 0.5) is 13.6 Å². The Labute approximate surface area is 227 Å². The number of carbonyl (C=O) groups is 3. The highest BCUT2D eigenvalue weighted by atomic mass is 32.2. The van der Waals surface area contributed by atoms with Gasteiger partial charge < -0.3 is 5.32 Å². The highest BCUT2D eigenvalue weighted by Crippen LogP contribution is 2.44. The van der Waals surface area contributed by atoms with E-state index in [0.717, 1.165) is 34.5 Å². The molecule has 11 heteroatoms. The lowest BCUT2D eigenvalue weighted by atomic mass is 10.0. The number of urea groups is 1. The standard InChI is InChI=1S/C28H25F2N4O4S/c1-16(2)12-24(31-25(36)18-10-11-22(29)23(30)13-18)26(37)32-33-28(38)34-19(14-35)15-39-27(34)21-9-5-7-17-6-3-4-8-20(17)21/h3-11,13,15-16,24,27H,12H2,1-2H3,(H,31,36)(H,32,37)(H,33,38)/t24-,27?/m0/s1. The minimum absolute atomic E-state index is 0.00458. The minimum atomic E-state index is -1.19. The van der Waals surface area contributed by atoms with Crippen molar-refractivity contribution in [1.29, 1.82) is 0 Å². The Balaban J connectivity index is 1.48. The van der Waals surface area contributed by atoms with Gasteiger partial charge in [0.05, 0.1) is 0 Å². The van der Waals surface area contributed by atoms with Crippen molar-refractivity contribution >= 4 is 46.7 Å². The first-order chi connectivity index (χ1) is 18.7. The van der Waals surface area contributed by atoms with E-state index in [2.05, 4.69) is 16.2 Å². The highest BCUT2D eigenvalue weighted by molar-refractivity contribution is 8.02. The fraction of sp³-hybridized carbons (Fsp3) is 0.214. The monoisotopic (exact) mass is 551 g/mol. The minimum Gasteiger partial charge on any atom is -0.340 e. The van der Waals surface area contributed by atoms with Crippen LogP contribution in [0.25, 0.3) is 10.8 Å². The maximum atomic E-state index is 13.6. The lowest BCUT2D eigenvalue weighted by molar-refractivity contribution is -0.124. The Kier molecular flexibility index (Phi) is 8.60. The molecule has 1 aliphatic heterocycles. The van der Waals surface area contributed by atoms with Crippen LogP contribution in [0.3, 0.4) is 0 Å². The number of nitrogens with zero attached hydrogens (tertiary/aromatic N) is 1. The topological polar surface area (TPSA) is 108 Å². The molecule has 2 atom stereocenters. The zero-order valence-electron chi connectivity index (χ0n) is 21.0. The van der Waals surface area contributed by atoms with Crippen molar-refractivity contribution < 1.29 is 28.0 Å². The quantitative estimate of drug-likeness (QED) is 0.369. The average molecular weight is 552 g/mol. The van der Waals surface area contributed by atoms with Crippen molar-refractivity contribution in [2.45, 2.75) is 31.7 Å². The third-order valence-electron chi connectivity index (χ3n) is 6.02. The molecular formula is C28H25F2N4O4S. The molecule has 0 saturated heterocycles. The van der Waals surface area contributed by atoms with Crippen molar-refractivity contribution in [1.82, 2.24) is 21.1 Å².